The number of aliphatic hydroxyl groups is 1. The number of amides is 2. The summed E-state index contributed by atoms with van der Waals surface area (Å²) in [7, 11) is 0. The number of aliphatic hydroxyl groups excluding tert-OH is 1. The summed E-state index contributed by atoms with van der Waals surface area (Å²) in [4.78, 5) is 24.4. The third kappa shape index (κ3) is 4.36. The number of aromatic hydroxyl groups is 1. The molecule has 2 atom stereocenters. The first-order chi connectivity index (χ1) is 13.0. The summed E-state index contributed by atoms with van der Waals surface area (Å²) in [6.45, 7) is 0. The Hall–Kier alpha value is -3.10. The van der Waals surface area contributed by atoms with E-state index < -0.39 is 24.0 Å². The van der Waals surface area contributed by atoms with Crippen molar-refractivity contribution in [3.8, 4) is 5.75 Å². The molecular weight excluding hydrogens is 350 g/mol. The topological polar surface area (TPSA) is 122 Å². The van der Waals surface area contributed by atoms with Crippen LogP contribution in [-0.2, 0) is 22.4 Å². The van der Waals surface area contributed by atoms with Crippen LogP contribution in [0.5, 0.6) is 5.75 Å². The molecule has 0 saturated heterocycles. The molecule has 0 saturated carbocycles. The van der Waals surface area contributed by atoms with Crippen molar-refractivity contribution in [3.63, 3.8) is 0 Å². The third-order valence-corrected chi connectivity index (χ3v) is 4.50. The molecule has 0 unspecified atom stereocenters. The molecule has 27 heavy (non-hydrogen) atoms. The Bertz CT molecular complexity index is 842. The van der Waals surface area contributed by atoms with E-state index in [1.165, 1.54) is 22.6 Å². The smallest absolute Gasteiger partial charge is 0.244 e. The van der Waals surface area contributed by atoms with Crippen LogP contribution < -0.4 is 15.9 Å². The van der Waals surface area contributed by atoms with Gasteiger partial charge in [-0.15, -0.1) is 0 Å². The number of anilines is 1. The molecule has 0 aromatic heterocycles. The highest BCUT2D eigenvalue weighted by atomic mass is 16.5. The minimum Gasteiger partial charge on any atom is -0.508 e. The monoisotopic (exact) mass is 371 g/mol. The molecule has 0 bridgehead atoms. The van der Waals surface area contributed by atoms with E-state index in [-0.39, 0.29) is 18.6 Å². The number of nitrogens with zero attached hydrogens (tertiary/aromatic N) is 1. The second-order valence-electron chi connectivity index (χ2n) is 6.47. The molecule has 2 aromatic carbocycles. The lowest BCUT2D eigenvalue weighted by Crippen LogP contribution is -2.49. The molecule has 0 spiro atoms. The maximum absolute atomic E-state index is 12.8. The Morgan fingerprint density at radius 1 is 1.19 bits per heavy atom. The molecular formula is C19H21N3O5. The van der Waals surface area contributed by atoms with Gasteiger partial charge in [0, 0.05) is 12.8 Å². The van der Waals surface area contributed by atoms with Gasteiger partial charge < -0.3 is 10.2 Å². The molecule has 142 valence electrons. The highest BCUT2D eigenvalue weighted by Crippen LogP contribution is 2.29. The maximum Gasteiger partial charge on any atom is 0.244 e. The number of fused-ring (bicyclic) bond motifs is 1. The van der Waals surface area contributed by atoms with Crippen LogP contribution in [0.1, 0.15) is 17.5 Å². The Labute approximate surface area is 156 Å². The van der Waals surface area contributed by atoms with Gasteiger partial charge in [0.25, 0.3) is 0 Å². The molecule has 3 rings (SSSR count). The Morgan fingerprint density at radius 2 is 1.96 bits per heavy atom. The van der Waals surface area contributed by atoms with Gasteiger partial charge >= 0.3 is 0 Å². The SMILES string of the molecule is O=C(C[C@@H](Cc1cccc(O)c1)C(=O)NN1c2ccccc2C[C@H]1O)NO. The number of hydroxylamine groups is 1. The van der Waals surface area contributed by atoms with Crippen molar-refractivity contribution in [2.75, 3.05) is 5.01 Å². The summed E-state index contributed by atoms with van der Waals surface area (Å²) < 4.78 is 0. The van der Waals surface area contributed by atoms with Crippen molar-refractivity contribution in [1.82, 2.24) is 10.9 Å². The first-order valence-corrected chi connectivity index (χ1v) is 8.54. The molecule has 8 nitrogen and oxygen atoms in total. The zero-order chi connectivity index (χ0) is 19.4. The summed E-state index contributed by atoms with van der Waals surface area (Å²) in [6.07, 6.45) is -0.590. The number of carbonyl (C=O) groups is 2. The van der Waals surface area contributed by atoms with Crippen LogP contribution in [0.15, 0.2) is 48.5 Å². The molecule has 0 radical (unpaired) electrons. The van der Waals surface area contributed by atoms with Gasteiger partial charge in [0.2, 0.25) is 11.8 Å². The lowest BCUT2D eigenvalue weighted by molar-refractivity contribution is -0.135. The van der Waals surface area contributed by atoms with E-state index in [4.69, 9.17) is 5.21 Å². The number of hydrogen-bond acceptors (Lipinski definition) is 6. The molecule has 2 aromatic rings. The van der Waals surface area contributed by atoms with Crippen LogP contribution in [0.2, 0.25) is 0 Å². The average Bonchev–Trinajstić information content (AvgIpc) is 2.96. The van der Waals surface area contributed by atoms with Crippen LogP contribution >= 0.6 is 0 Å². The van der Waals surface area contributed by atoms with Gasteiger partial charge in [-0.05, 0) is 35.7 Å². The average molecular weight is 371 g/mol. The van der Waals surface area contributed by atoms with E-state index in [1.807, 2.05) is 12.1 Å². The van der Waals surface area contributed by atoms with E-state index in [0.717, 1.165) is 5.56 Å². The summed E-state index contributed by atoms with van der Waals surface area (Å²) >= 11 is 0. The number of hydrogen-bond donors (Lipinski definition) is 5. The van der Waals surface area contributed by atoms with E-state index in [2.05, 4.69) is 5.43 Å². The number of rotatable bonds is 6. The van der Waals surface area contributed by atoms with Gasteiger partial charge in [-0.1, -0.05) is 30.3 Å². The summed E-state index contributed by atoms with van der Waals surface area (Å²) in [6, 6.07) is 13.7. The minimum absolute atomic E-state index is 0.0576. The molecule has 0 fully saturated rings. The van der Waals surface area contributed by atoms with Crippen molar-refractivity contribution < 1.29 is 25.0 Å². The van der Waals surface area contributed by atoms with Crippen molar-refractivity contribution in [2.45, 2.75) is 25.5 Å². The maximum atomic E-state index is 12.8. The second kappa shape index (κ2) is 8.07. The summed E-state index contributed by atoms with van der Waals surface area (Å²) in [5, 5.41) is 30.0. The number of phenols is 1. The van der Waals surface area contributed by atoms with Crippen molar-refractivity contribution >= 4 is 17.5 Å². The van der Waals surface area contributed by atoms with Crippen LogP contribution in [0.4, 0.5) is 5.69 Å². The number of carbonyl (C=O) groups excluding carboxylic acids is 2. The van der Waals surface area contributed by atoms with Gasteiger partial charge in [-0.3, -0.25) is 25.2 Å². The van der Waals surface area contributed by atoms with E-state index in [1.54, 1.807) is 24.3 Å². The van der Waals surface area contributed by atoms with Gasteiger partial charge in [0.05, 0.1) is 11.6 Å². The van der Waals surface area contributed by atoms with E-state index in [9.17, 15) is 19.8 Å². The molecule has 2 amide bonds. The van der Waals surface area contributed by atoms with E-state index >= 15 is 0 Å². The van der Waals surface area contributed by atoms with Crippen LogP contribution in [-0.4, -0.2) is 33.5 Å². The van der Waals surface area contributed by atoms with Crippen molar-refractivity contribution in [1.29, 1.82) is 0 Å². The Balaban J connectivity index is 1.77. The Kier molecular flexibility index (Phi) is 5.58. The first-order valence-electron chi connectivity index (χ1n) is 8.54. The highest BCUT2D eigenvalue weighted by molar-refractivity contribution is 5.86. The van der Waals surface area contributed by atoms with Crippen LogP contribution in [0.3, 0.4) is 0 Å². The molecule has 0 aliphatic carbocycles. The normalized spacial score (nSPS) is 16.5. The summed E-state index contributed by atoms with van der Waals surface area (Å²) in [5.41, 5.74) is 6.47. The zero-order valence-electron chi connectivity index (χ0n) is 14.5. The fourth-order valence-corrected chi connectivity index (χ4v) is 3.21. The number of hydrazine groups is 1. The van der Waals surface area contributed by atoms with Crippen LogP contribution in [0.25, 0.3) is 0 Å². The van der Waals surface area contributed by atoms with E-state index in [0.29, 0.717) is 17.7 Å². The molecule has 1 heterocycles. The zero-order valence-corrected chi connectivity index (χ0v) is 14.5. The second-order valence-corrected chi connectivity index (χ2v) is 6.47. The quantitative estimate of drug-likeness (QED) is 0.379. The fourth-order valence-electron chi connectivity index (χ4n) is 3.21. The Morgan fingerprint density at radius 3 is 2.70 bits per heavy atom. The number of phenolic OH excluding ortho intramolecular Hbond substituents is 1. The van der Waals surface area contributed by atoms with Gasteiger partial charge in [-0.25, -0.2) is 5.48 Å². The number of nitrogens with one attached hydrogen (secondary N) is 2. The number of para-hydroxylation sites is 1. The lowest BCUT2D eigenvalue weighted by atomic mass is 9.95. The van der Waals surface area contributed by atoms with Crippen LogP contribution in [0, 0.1) is 5.92 Å². The lowest BCUT2D eigenvalue weighted by Gasteiger charge is -2.27. The molecule has 1 aliphatic heterocycles. The van der Waals surface area contributed by atoms with Crippen molar-refractivity contribution in [3.05, 3.63) is 59.7 Å². The standard InChI is InChI=1S/C19H21N3O5/c23-15-6-3-4-12(9-15)8-14(10-17(24)21-27)19(26)20-22-16-7-2-1-5-13(16)11-18(22)25/h1-7,9,14,18,23,25,27H,8,10-11H2,(H,20,26)(H,21,24)/t14-,18-/m1/s1. The predicted molar refractivity (Wildman–Crippen MR) is 96.6 cm³/mol. The number of benzene rings is 2. The summed E-state index contributed by atoms with van der Waals surface area (Å²) in [5.74, 6) is -1.92. The molecule has 8 heteroatoms. The first kappa shape index (κ1) is 18.7. The highest BCUT2D eigenvalue weighted by Gasteiger charge is 2.31. The fraction of sp³-hybridized carbons (Fsp3) is 0.263. The third-order valence-electron chi connectivity index (χ3n) is 4.50. The van der Waals surface area contributed by atoms with Gasteiger partial charge in [0.15, 0.2) is 0 Å². The van der Waals surface area contributed by atoms with Crippen molar-refractivity contribution in [2.24, 2.45) is 5.92 Å². The molecule has 5 N–H and O–H groups in total. The van der Waals surface area contributed by atoms with Gasteiger partial charge in [0.1, 0.15) is 12.0 Å². The molecule has 1 aliphatic rings. The van der Waals surface area contributed by atoms with Gasteiger partial charge in [-0.2, -0.15) is 0 Å². The predicted octanol–water partition coefficient (Wildman–Crippen LogP) is 0.859. The minimum atomic E-state index is -0.903. The largest absolute Gasteiger partial charge is 0.508 e.